The van der Waals surface area contributed by atoms with Crippen molar-refractivity contribution in [2.75, 3.05) is 19.6 Å². The van der Waals surface area contributed by atoms with Gasteiger partial charge in [-0.05, 0) is 64.6 Å². The first kappa shape index (κ1) is 27.4. The van der Waals surface area contributed by atoms with Crippen LogP contribution in [0.5, 0.6) is 0 Å². The Balaban J connectivity index is 3.82. The molecular formula is C27H53N. The van der Waals surface area contributed by atoms with Gasteiger partial charge in [-0.1, -0.05) is 96.1 Å². The highest BCUT2D eigenvalue weighted by Gasteiger charge is 2.05. The maximum Gasteiger partial charge on any atom is -0.00187 e. The van der Waals surface area contributed by atoms with Crippen molar-refractivity contribution < 1.29 is 0 Å². The summed E-state index contributed by atoms with van der Waals surface area (Å²) in [5, 5.41) is 0. The maximum atomic E-state index is 3.82. The van der Waals surface area contributed by atoms with Crippen molar-refractivity contribution in [3.05, 3.63) is 25.3 Å². The third-order valence-corrected chi connectivity index (χ3v) is 5.84. The van der Waals surface area contributed by atoms with Crippen molar-refractivity contribution in [2.24, 2.45) is 0 Å². The normalized spacial score (nSPS) is 11.2. The third-order valence-electron chi connectivity index (χ3n) is 5.84. The average Bonchev–Trinajstić information content (AvgIpc) is 2.71. The van der Waals surface area contributed by atoms with Crippen LogP contribution in [-0.2, 0) is 0 Å². The molecule has 0 atom stereocenters. The van der Waals surface area contributed by atoms with E-state index in [1.165, 1.54) is 142 Å². The Morgan fingerprint density at radius 1 is 0.464 bits per heavy atom. The van der Waals surface area contributed by atoms with Gasteiger partial charge in [0.2, 0.25) is 0 Å². The minimum absolute atomic E-state index is 1.19. The first-order chi connectivity index (χ1) is 13.8. The van der Waals surface area contributed by atoms with Gasteiger partial charge in [0.05, 0.1) is 0 Å². The predicted molar refractivity (Wildman–Crippen MR) is 130 cm³/mol. The van der Waals surface area contributed by atoms with Gasteiger partial charge in [-0.3, -0.25) is 0 Å². The van der Waals surface area contributed by atoms with Crippen LogP contribution < -0.4 is 0 Å². The topological polar surface area (TPSA) is 3.24 Å². The molecule has 0 aromatic heterocycles. The summed E-state index contributed by atoms with van der Waals surface area (Å²) in [5.41, 5.74) is 0. The van der Waals surface area contributed by atoms with E-state index >= 15 is 0 Å². The fraction of sp³-hybridized carbons (Fsp3) is 0.852. The van der Waals surface area contributed by atoms with Gasteiger partial charge < -0.3 is 4.90 Å². The Morgan fingerprint density at radius 2 is 0.786 bits per heavy atom. The fourth-order valence-corrected chi connectivity index (χ4v) is 3.94. The summed E-state index contributed by atoms with van der Waals surface area (Å²) in [4.78, 5) is 2.78. The number of allylic oxidation sites excluding steroid dienone is 2. The molecule has 0 aromatic rings. The fourth-order valence-electron chi connectivity index (χ4n) is 3.94. The summed E-state index contributed by atoms with van der Waals surface area (Å²) >= 11 is 0. The molecule has 0 aliphatic rings. The number of rotatable bonds is 24. The van der Waals surface area contributed by atoms with Crippen LogP contribution in [0.25, 0.3) is 0 Å². The van der Waals surface area contributed by atoms with Gasteiger partial charge >= 0.3 is 0 Å². The standard InChI is InChI=1S/C27H53N/c1-4-7-10-13-16-19-22-25-28(26-23-20-17-14-11-8-5-2)27-24-21-18-15-12-9-6-3/h4-5H,1-2,6-27H2,3H3. The van der Waals surface area contributed by atoms with Gasteiger partial charge in [0.15, 0.2) is 0 Å². The average molecular weight is 392 g/mol. The lowest BCUT2D eigenvalue weighted by Crippen LogP contribution is -2.27. The summed E-state index contributed by atoms with van der Waals surface area (Å²) in [5.74, 6) is 0. The van der Waals surface area contributed by atoms with Crippen LogP contribution >= 0.6 is 0 Å². The van der Waals surface area contributed by atoms with Crippen LogP contribution in [0.4, 0.5) is 0 Å². The van der Waals surface area contributed by atoms with Gasteiger partial charge in [0, 0.05) is 0 Å². The zero-order valence-corrected chi connectivity index (χ0v) is 19.6. The lowest BCUT2D eigenvalue weighted by atomic mass is 10.1. The minimum Gasteiger partial charge on any atom is -0.303 e. The summed E-state index contributed by atoms with van der Waals surface area (Å²) in [7, 11) is 0. The molecule has 1 nitrogen and oxygen atoms in total. The molecule has 0 rings (SSSR count). The molecule has 0 saturated heterocycles. The van der Waals surface area contributed by atoms with E-state index in [1.54, 1.807) is 0 Å². The molecule has 0 amide bonds. The molecule has 166 valence electrons. The minimum atomic E-state index is 1.19. The van der Waals surface area contributed by atoms with E-state index in [-0.39, 0.29) is 0 Å². The van der Waals surface area contributed by atoms with Gasteiger partial charge in [-0.2, -0.15) is 0 Å². The maximum absolute atomic E-state index is 3.82. The molecule has 0 bridgehead atoms. The van der Waals surface area contributed by atoms with E-state index in [1.807, 2.05) is 0 Å². The monoisotopic (exact) mass is 391 g/mol. The Bertz CT molecular complexity index is 287. The smallest absolute Gasteiger partial charge is 0.00187 e. The second-order valence-corrected chi connectivity index (χ2v) is 8.65. The van der Waals surface area contributed by atoms with E-state index in [2.05, 4.69) is 37.1 Å². The molecule has 0 aliphatic heterocycles. The lowest BCUT2D eigenvalue weighted by Gasteiger charge is -2.22. The van der Waals surface area contributed by atoms with Crippen molar-refractivity contribution >= 4 is 0 Å². The number of hydrogen-bond acceptors (Lipinski definition) is 1. The molecule has 0 aliphatic carbocycles. The van der Waals surface area contributed by atoms with Gasteiger partial charge in [0.25, 0.3) is 0 Å². The van der Waals surface area contributed by atoms with E-state index in [9.17, 15) is 0 Å². The molecule has 0 fully saturated rings. The van der Waals surface area contributed by atoms with Gasteiger partial charge in [-0.25, -0.2) is 0 Å². The molecule has 0 saturated carbocycles. The highest BCUT2D eigenvalue weighted by Crippen LogP contribution is 2.12. The van der Waals surface area contributed by atoms with Crippen molar-refractivity contribution in [2.45, 2.75) is 129 Å². The summed E-state index contributed by atoms with van der Waals surface area (Å²) in [6.07, 6.45) is 30.3. The highest BCUT2D eigenvalue weighted by atomic mass is 15.1. The zero-order chi connectivity index (χ0) is 20.5. The second kappa shape index (κ2) is 24.5. The summed E-state index contributed by atoms with van der Waals surface area (Å²) < 4.78 is 0. The second-order valence-electron chi connectivity index (χ2n) is 8.65. The Morgan fingerprint density at radius 3 is 1.14 bits per heavy atom. The Hall–Kier alpha value is -0.560. The molecule has 28 heavy (non-hydrogen) atoms. The van der Waals surface area contributed by atoms with Gasteiger partial charge in [-0.15, -0.1) is 13.2 Å². The van der Waals surface area contributed by atoms with E-state index in [0.29, 0.717) is 0 Å². The number of nitrogens with zero attached hydrogens (tertiary/aromatic N) is 1. The van der Waals surface area contributed by atoms with Crippen molar-refractivity contribution in [3.63, 3.8) is 0 Å². The molecule has 0 aromatic carbocycles. The molecule has 0 radical (unpaired) electrons. The van der Waals surface area contributed by atoms with Crippen molar-refractivity contribution in [1.29, 1.82) is 0 Å². The first-order valence-corrected chi connectivity index (χ1v) is 12.8. The molecular weight excluding hydrogens is 338 g/mol. The largest absolute Gasteiger partial charge is 0.303 e. The Labute approximate surface area is 179 Å². The summed E-state index contributed by atoms with van der Waals surface area (Å²) in [6.45, 7) is 13.9. The molecule has 0 N–H and O–H groups in total. The SMILES string of the molecule is C=CCCCCCCCN(CCCCCCCC=C)CCCCCCCCC. The first-order valence-electron chi connectivity index (χ1n) is 12.8. The van der Waals surface area contributed by atoms with Crippen molar-refractivity contribution in [1.82, 2.24) is 4.90 Å². The number of hydrogen-bond donors (Lipinski definition) is 0. The molecule has 0 heterocycles. The van der Waals surface area contributed by atoms with Crippen LogP contribution in [0.1, 0.15) is 129 Å². The highest BCUT2D eigenvalue weighted by molar-refractivity contribution is 4.66. The third kappa shape index (κ3) is 21.7. The Kier molecular flexibility index (Phi) is 24.0. The zero-order valence-electron chi connectivity index (χ0n) is 19.6. The van der Waals surface area contributed by atoms with E-state index in [4.69, 9.17) is 0 Å². The number of unbranched alkanes of at least 4 members (excludes halogenated alkanes) is 16. The van der Waals surface area contributed by atoms with Crippen molar-refractivity contribution in [3.8, 4) is 0 Å². The van der Waals surface area contributed by atoms with Crippen LogP contribution in [0, 0.1) is 0 Å². The van der Waals surface area contributed by atoms with Crippen LogP contribution in [0.3, 0.4) is 0 Å². The summed E-state index contributed by atoms with van der Waals surface area (Å²) in [6, 6.07) is 0. The van der Waals surface area contributed by atoms with Gasteiger partial charge in [0.1, 0.15) is 0 Å². The predicted octanol–water partition coefficient (Wildman–Crippen LogP) is 9.09. The molecule has 1 heteroatoms. The van der Waals surface area contributed by atoms with Crippen LogP contribution in [-0.4, -0.2) is 24.5 Å². The van der Waals surface area contributed by atoms with Crippen LogP contribution in [0.15, 0.2) is 25.3 Å². The van der Waals surface area contributed by atoms with E-state index < -0.39 is 0 Å². The van der Waals surface area contributed by atoms with E-state index in [0.717, 1.165) is 0 Å². The van der Waals surface area contributed by atoms with Crippen LogP contribution in [0.2, 0.25) is 0 Å². The molecule has 0 unspecified atom stereocenters. The quantitative estimate of drug-likeness (QED) is 0.117. The molecule has 0 spiro atoms. The lowest BCUT2D eigenvalue weighted by molar-refractivity contribution is 0.254.